The molecule has 6 heteroatoms. The van der Waals surface area contributed by atoms with E-state index in [1.54, 1.807) is 30.3 Å². The molecule has 0 radical (unpaired) electrons. The van der Waals surface area contributed by atoms with Gasteiger partial charge in [-0.15, -0.1) is 0 Å². The minimum atomic E-state index is -0.998. The lowest BCUT2D eigenvalue weighted by molar-refractivity contribution is -0.143. The van der Waals surface area contributed by atoms with Crippen LogP contribution in [0, 0.1) is 5.82 Å². The Morgan fingerprint density at radius 2 is 1.78 bits per heavy atom. The van der Waals surface area contributed by atoms with E-state index >= 15 is 0 Å². The van der Waals surface area contributed by atoms with Crippen molar-refractivity contribution in [1.82, 2.24) is 5.32 Å². The average Bonchev–Trinajstić information content (AvgIpc) is 2.59. The Bertz CT molecular complexity index is 703. The van der Waals surface area contributed by atoms with E-state index in [9.17, 15) is 14.0 Å². The monoisotopic (exact) mass is 317 g/mol. The minimum Gasteiger partial charge on any atom is -0.496 e. The molecule has 1 N–H and O–H groups in total. The summed E-state index contributed by atoms with van der Waals surface area (Å²) in [6, 6.07) is 11.2. The number of hydrogen-bond donors (Lipinski definition) is 1. The highest BCUT2D eigenvalue weighted by Gasteiger charge is 2.25. The molecule has 23 heavy (non-hydrogen) atoms. The van der Waals surface area contributed by atoms with Gasteiger partial charge in [-0.1, -0.05) is 30.3 Å². The third-order valence-electron chi connectivity index (χ3n) is 3.25. The number of carbonyl (C=O) groups is 2. The summed E-state index contributed by atoms with van der Waals surface area (Å²) in [5.41, 5.74) is 0.556. The van der Waals surface area contributed by atoms with Crippen LogP contribution in [0.4, 0.5) is 4.39 Å². The zero-order chi connectivity index (χ0) is 16.8. The number of nitrogens with one attached hydrogen (secondary N) is 1. The van der Waals surface area contributed by atoms with E-state index < -0.39 is 23.7 Å². The topological polar surface area (TPSA) is 64.6 Å². The Morgan fingerprint density at radius 3 is 2.39 bits per heavy atom. The summed E-state index contributed by atoms with van der Waals surface area (Å²) < 4.78 is 23.2. The molecule has 0 saturated heterocycles. The standard InChI is InChI=1S/C17H16FNO4/c1-22-14-9-8-12(18)10-13(14)16(20)19-15(17(21)23-2)11-6-4-3-5-7-11/h3-10,15H,1-2H3,(H,19,20)/t15-/m1/s1. The summed E-state index contributed by atoms with van der Waals surface area (Å²) in [5, 5.41) is 2.54. The second kappa shape index (κ2) is 7.40. The first kappa shape index (κ1) is 16.5. The second-order valence-electron chi connectivity index (χ2n) is 4.68. The Balaban J connectivity index is 2.32. The molecule has 0 saturated carbocycles. The predicted molar refractivity (Wildman–Crippen MR) is 81.6 cm³/mol. The van der Waals surface area contributed by atoms with Gasteiger partial charge in [0.25, 0.3) is 5.91 Å². The molecule has 2 rings (SSSR count). The van der Waals surface area contributed by atoms with E-state index in [1.807, 2.05) is 0 Å². The number of ether oxygens (including phenoxy) is 2. The van der Waals surface area contributed by atoms with Crippen molar-refractivity contribution in [3.05, 3.63) is 65.5 Å². The number of methoxy groups -OCH3 is 2. The van der Waals surface area contributed by atoms with Crippen LogP contribution in [0.15, 0.2) is 48.5 Å². The first-order valence-electron chi connectivity index (χ1n) is 6.84. The Morgan fingerprint density at radius 1 is 1.09 bits per heavy atom. The summed E-state index contributed by atoms with van der Waals surface area (Å²) in [5.74, 6) is -1.63. The fourth-order valence-electron chi connectivity index (χ4n) is 2.11. The maximum Gasteiger partial charge on any atom is 0.333 e. The van der Waals surface area contributed by atoms with Crippen molar-refractivity contribution >= 4 is 11.9 Å². The first-order chi connectivity index (χ1) is 11.1. The third kappa shape index (κ3) is 3.85. The molecule has 1 amide bonds. The summed E-state index contributed by atoms with van der Waals surface area (Å²) in [6.45, 7) is 0. The van der Waals surface area contributed by atoms with E-state index in [4.69, 9.17) is 9.47 Å². The van der Waals surface area contributed by atoms with Gasteiger partial charge in [-0.25, -0.2) is 9.18 Å². The van der Waals surface area contributed by atoms with Crippen LogP contribution in [0.5, 0.6) is 5.75 Å². The van der Waals surface area contributed by atoms with Crippen molar-refractivity contribution in [3.63, 3.8) is 0 Å². The van der Waals surface area contributed by atoms with E-state index in [1.165, 1.54) is 26.4 Å². The molecule has 5 nitrogen and oxygen atoms in total. The zero-order valence-corrected chi connectivity index (χ0v) is 12.7. The van der Waals surface area contributed by atoms with E-state index in [-0.39, 0.29) is 11.3 Å². The van der Waals surface area contributed by atoms with Crippen molar-refractivity contribution in [2.24, 2.45) is 0 Å². The van der Waals surface area contributed by atoms with Gasteiger partial charge in [0.15, 0.2) is 6.04 Å². The Labute approximate surface area is 133 Å². The molecular weight excluding hydrogens is 301 g/mol. The lowest BCUT2D eigenvalue weighted by Crippen LogP contribution is -2.34. The van der Waals surface area contributed by atoms with Gasteiger partial charge in [-0.3, -0.25) is 4.79 Å². The molecular formula is C17H16FNO4. The highest BCUT2D eigenvalue weighted by atomic mass is 19.1. The van der Waals surface area contributed by atoms with E-state index in [2.05, 4.69) is 5.32 Å². The first-order valence-corrected chi connectivity index (χ1v) is 6.84. The number of amides is 1. The normalized spacial score (nSPS) is 11.4. The van der Waals surface area contributed by atoms with Gasteiger partial charge >= 0.3 is 5.97 Å². The number of rotatable bonds is 5. The van der Waals surface area contributed by atoms with Crippen LogP contribution < -0.4 is 10.1 Å². The number of carbonyl (C=O) groups excluding carboxylic acids is 2. The van der Waals surface area contributed by atoms with Crippen molar-refractivity contribution in [2.45, 2.75) is 6.04 Å². The lowest BCUT2D eigenvalue weighted by Gasteiger charge is -2.17. The van der Waals surface area contributed by atoms with Crippen LogP contribution >= 0.6 is 0 Å². The Hall–Kier alpha value is -2.89. The van der Waals surface area contributed by atoms with Gasteiger partial charge in [0, 0.05) is 0 Å². The van der Waals surface area contributed by atoms with Crippen molar-refractivity contribution in [2.75, 3.05) is 14.2 Å². The van der Waals surface area contributed by atoms with Crippen molar-refractivity contribution in [1.29, 1.82) is 0 Å². The van der Waals surface area contributed by atoms with Gasteiger partial charge in [-0.05, 0) is 23.8 Å². The van der Waals surface area contributed by atoms with E-state index in [0.717, 1.165) is 6.07 Å². The number of halogens is 1. The largest absolute Gasteiger partial charge is 0.496 e. The smallest absolute Gasteiger partial charge is 0.333 e. The molecule has 120 valence electrons. The van der Waals surface area contributed by atoms with Crippen LogP contribution in [0.1, 0.15) is 22.0 Å². The van der Waals surface area contributed by atoms with Crippen LogP contribution in [0.3, 0.4) is 0 Å². The fourth-order valence-corrected chi connectivity index (χ4v) is 2.11. The van der Waals surface area contributed by atoms with Gasteiger partial charge in [0.05, 0.1) is 19.8 Å². The van der Waals surface area contributed by atoms with Crippen molar-refractivity contribution < 1.29 is 23.5 Å². The average molecular weight is 317 g/mol. The number of benzene rings is 2. The van der Waals surface area contributed by atoms with Crippen LogP contribution in [0.2, 0.25) is 0 Å². The van der Waals surface area contributed by atoms with E-state index in [0.29, 0.717) is 5.56 Å². The van der Waals surface area contributed by atoms with Gasteiger partial charge < -0.3 is 14.8 Å². The van der Waals surface area contributed by atoms with Crippen LogP contribution in [0.25, 0.3) is 0 Å². The molecule has 0 aliphatic carbocycles. The third-order valence-corrected chi connectivity index (χ3v) is 3.25. The highest BCUT2D eigenvalue weighted by Crippen LogP contribution is 2.21. The molecule has 0 heterocycles. The molecule has 2 aromatic rings. The fraction of sp³-hybridized carbons (Fsp3) is 0.176. The molecule has 0 fully saturated rings. The molecule has 1 atom stereocenters. The summed E-state index contributed by atoms with van der Waals surface area (Å²) in [7, 11) is 2.60. The quantitative estimate of drug-likeness (QED) is 0.861. The lowest BCUT2D eigenvalue weighted by atomic mass is 10.1. The van der Waals surface area contributed by atoms with Crippen LogP contribution in [-0.4, -0.2) is 26.1 Å². The SMILES string of the molecule is COC(=O)[C@H](NC(=O)c1cc(F)ccc1OC)c1ccccc1. The molecule has 0 aromatic heterocycles. The van der Waals surface area contributed by atoms with Gasteiger partial charge in [0.2, 0.25) is 0 Å². The van der Waals surface area contributed by atoms with Gasteiger partial charge in [0.1, 0.15) is 11.6 Å². The number of esters is 1. The Kier molecular flexibility index (Phi) is 5.30. The molecule has 0 aliphatic heterocycles. The zero-order valence-electron chi connectivity index (χ0n) is 12.7. The second-order valence-corrected chi connectivity index (χ2v) is 4.68. The maximum atomic E-state index is 13.4. The summed E-state index contributed by atoms with van der Waals surface area (Å²) >= 11 is 0. The number of hydrogen-bond acceptors (Lipinski definition) is 4. The van der Waals surface area contributed by atoms with Crippen molar-refractivity contribution in [3.8, 4) is 5.75 Å². The highest BCUT2D eigenvalue weighted by molar-refractivity contribution is 5.99. The summed E-state index contributed by atoms with van der Waals surface area (Å²) in [6.07, 6.45) is 0. The predicted octanol–water partition coefficient (Wildman–Crippen LogP) is 2.48. The molecule has 0 unspecified atom stereocenters. The molecule has 0 spiro atoms. The van der Waals surface area contributed by atoms with Crippen LogP contribution in [-0.2, 0) is 9.53 Å². The molecule has 2 aromatic carbocycles. The molecule has 0 aliphatic rings. The maximum absolute atomic E-state index is 13.4. The van der Waals surface area contributed by atoms with Gasteiger partial charge in [-0.2, -0.15) is 0 Å². The minimum absolute atomic E-state index is 0.00247. The summed E-state index contributed by atoms with van der Waals surface area (Å²) in [4.78, 5) is 24.4. The molecule has 0 bridgehead atoms.